The Morgan fingerprint density at radius 1 is 0.758 bits per heavy atom. The Labute approximate surface area is 370 Å². The number of methoxy groups -OCH3 is 1. The second-order valence-corrected chi connectivity index (χ2v) is 17.3. The van der Waals surface area contributed by atoms with Crippen molar-refractivity contribution in [3.8, 4) is 0 Å². The van der Waals surface area contributed by atoms with E-state index in [-0.39, 0.29) is 49.2 Å². The molecule has 0 saturated carbocycles. The molecule has 3 aliphatic rings. The SMILES string of the molecule is COCCOCCNC1=C(/C=C/C2=[N+](CCOC(=O)CCCCCO)c3ccccc3C2(C)C)CCC/C1=C\C=C1\N(CCOC(=O)CCCCCO)c2ccccc2C1(C)C. The van der Waals surface area contributed by atoms with Crippen molar-refractivity contribution in [3.63, 3.8) is 0 Å². The molecule has 0 saturated heterocycles. The van der Waals surface area contributed by atoms with Crippen molar-refractivity contribution in [1.29, 1.82) is 0 Å². The first-order chi connectivity index (χ1) is 30.0. The first-order valence-electron chi connectivity index (χ1n) is 22.8. The third kappa shape index (κ3) is 12.8. The van der Waals surface area contributed by atoms with Crippen LogP contribution in [-0.2, 0) is 39.4 Å². The molecule has 0 aromatic heterocycles. The number of ether oxygens (including phenoxy) is 4. The number of benzene rings is 2. The van der Waals surface area contributed by atoms with Gasteiger partial charge in [0.1, 0.15) is 6.61 Å². The van der Waals surface area contributed by atoms with Gasteiger partial charge in [-0.15, -0.1) is 0 Å². The summed E-state index contributed by atoms with van der Waals surface area (Å²) in [4.78, 5) is 27.4. The molecular weight excluding hydrogens is 783 g/mol. The Kier molecular flexibility index (Phi) is 19.0. The van der Waals surface area contributed by atoms with Crippen LogP contribution in [-0.4, -0.2) is 105 Å². The van der Waals surface area contributed by atoms with Gasteiger partial charge in [-0.25, -0.2) is 0 Å². The molecule has 5 rings (SSSR count). The van der Waals surface area contributed by atoms with Gasteiger partial charge in [0.2, 0.25) is 5.69 Å². The average molecular weight is 855 g/mol. The zero-order valence-corrected chi connectivity index (χ0v) is 38.0. The number of unbranched alkanes of at least 4 members (excludes halogenated alkanes) is 4. The van der Waals surface area contributed by atoms with Gasteiger partial charge in [-0.1, -0.05) is 75.2 Å². The number of fused-ring (bicyclic) bond motifs is 2. The summed E-state index contributed by atoms with van der Waals surface area (Å²) in [5.74, 6) is -0.402. The minimum absolute atomic E-state index is 0.140. The molecule has 0 atom stereocenters. The number of anilines is 1. The second-order valence-electron chi connectivity index (χ2n) is 17.3. The van der Waals surface area contributed by atoms with Crippen LogP contribution in [0.25, 0.3) is 0 Å². The third-order valence-corrected chi connectivity index (χ3v) is 12.2. The molecule has 0 radical (unpaired) electrons. The quantitative estimate of drug-likeness (QED) is 0.0485. The number of nitrogens with zero attached hydrogens (tertiary/aromatic N) is 2. The monoisotopic (exact) mass is 855 g/mol. The maximum atomic E-state index is 12.6. The third-order valence-electron chi connectivity index (χ3n) is 12.2. The number of aliphatic hydroxyl groups excluding tert-OH is 2. The van der Waals surface area contributed by atoms with E-state index in [9.17, 15) is 9.59 Å². The fraction of sp³-hybridized carbons (Fsp3) is 0.549. The smallest absolute Gasteiger partial charge is 0.306 e. The summed E-state index contributed by atoms with van der Waals surface area (Å²) in [5, 5.41) is 21.9. The lowest BCUT2D eigenvalue weighted by Gasteiger charge is -2.27. The van der Waals surface area contributed by atoms with Crippen LogP contribution in [0.3, 0.4) is 0 Å². The van der Waals surface area contributed by atoms with E-state index in [0.717, 1.165) is 60.6 Å². The highest BCUT2D eigenvalue weighted by atomic mass is 16.5. The standard InChI is InChI=1S/C51H71N3O8/c1-50(2)41-19-10-12-21-43(41)53(30-35-61-47(57)23-8-6-14-32-55)45(50)27-25-39-17-16-18-40(49(39)52-29-34-60-38-37-59-5)26-28-46-51(3,4)42-20-11-13-22-44(42)54(46)31-36-62-48(58)24-9-7-15-33-56/h10-13,19-22,25-28,55-56H,6-9,14-18,23-24,29-38H2,1-5H3/p+1/b39-25+,45-27+. The number of hydrogen-bond acceptors (Lipinski definition) is 10. The zero-order valence-electron chi connectivity index (χ0n) is 38.0. The number of nitrogens with one attached hydrogen (secondary N) is 1. The molecule has 0 spiro atoms. The van der Waals surface area contributed by atoms with Gasteiger partial charge in [0.05, 0.1) is 31.8 Å². The number of rotatable bonds is 26. The van der Waals surface area contributed by atoms with E-state index in [2.05, 4.69) is 115 Å². The second kappa shape index (κ2) is 24.3. The predicted molar refractivity (Wildman–Crippen MR) is 246 cm³/mol. The molecule has 338 valence electrons. The van der Waals surface area contributed by atoms with Crippen molar-refractivity contribution >= 4 is 29.0 Å². The summed E-state index contributed by atoms with van der Waals surface area (Å²) in [7, 11) is 1.68. The first kappa shape index (κ1) is 48.5. The van der Waals surface area contributed by atoms with E-state index < -0.39 is 0 Å². The van der Waals surface area contributed by atoms with Gasteiger partial charge in [-0.05, 0) is 87.6 Å². The molecule has 1 aliphatic carbocycles. The number of carbonyl (C=O) groups excluding carboxylic acids is 2. The fourth-order valence-corrected chi connectivity index (χ4v) is 8.86. The lowest BCUT2D eigenvalue weighted by molar-refractivity contribution is -0.440. The number of hydrogen-bond donors (Lipinski definition) is 3. The van der Waals surface area contributed by atoms with Gasteiger partial charge >= 0.3 is 11.9 Å². The Hall–Kier alpha value is -4.55. The van der Waals surface area contributed by atoms with Crippen molar-refractivity contribution in [1.82, 2.24) is 5.32 Å². The van der Waals surface area contributed by atoms with Crippen molar-refractivity contribution in [3.05, 3.63) is 107 Å². The van der Waals surface area contributed by atoms with Gasteiger partial charge in [-0.3, -0.25) is 9.59 Å². The lowest BCUT2D eigenvalue weighted by atomic mass is 9.81. The molecule has 0 unspecified atom stereocenters. The van der Waals surface area contributed by atoms with Crippen LogP contribution in [0.15, 0.2) is 95.4 Å². The maximum absolute atomic E-state index is 12.6. The van der Waals surface area contributed by atoms with Crippen LogP contribution in [0.1, 0.15) is 109 Å². The molecule has 0 bridgehead atoms. The van der Waals surface area contributed by atoms with Gasteiger partial charge in [0.15, 0.2) is 18.9 Å². The van der Waals surface area contributed by atoms with Crippen molar-refractivity contribution in [2.45, 2.75) is 109 Å². The highest BCUT2D eigenvalue weighted by Crippen LogP contribution is 2.48. The van der Waals surface area contributed by atoms with Crippen molar-refractivity contribution < 1.29 is 43.3 Å². The number of para-hydroxylation sites is 2. The molecule has 0 amide bonds. The van der Waals surface area contributed by atoms with Crippen LogP contribution in [0.4, 0.5) is 11.4 Å². The number of esters is 2. The van der Waals surface area contributed by atoms with Crippen LogP contribution in [0.2, 0.25) is 0 Å². The van der Waals surface area contributed by atoms with Gasteiger partial charge < -0.3 is 39.4 Å². The summed E-state index contributed by atoms with van der Waals surface area (Å²) < 4.78 is 24.8. The number of carbonyl (C=O) groups is 2. The van der Waals surface area contributed by atoms with E-state index in [1.54, 1.807) is 7.11 Å². The number of aliphatic hydroxyl groups is 2. The van der Waals surface area contributed by atoms with E-state index in [1.807, 2.05) is 0 Å². The molecule has 2 heterocycles. The summed E-state index contributed by atoms with van der Waals surface area (Å²) in [6.07, 6.45) is 17.1. The molecule has 0 fully saturated rings. The van der Waals surface area contributed by atoms with E-state index in [0.29, 0.717) is 78.0 Å². The summed E-state index contributed by atoms with van der Waals surface area (Å²) in [5.41, 5.74) is 10.1. The Balaban J connectivity index is 1.44. The number of allylic oxidation sites excluding steroid dienone is 7. The Bertz CT molecular complexity index is 1960. The molecular formula is C51H72N3O8+. The van der Waals surface area contributed by atoms with Crippen molar-refractivity contribution in [2.75, 3.05) is 77.9 Å². The van der Waals surface area contributed by atoms with E-state index >= 15 is 0 Å². The lowest BCUT2D eigenvalue weighted by Crippen LogP contribution is -2.30. The minimum atomic E-state index is -0.275. The summed E-state index contributed by atoms with van der Waals surface area (Å²) in [6, 6.07) is 17.0. The minimum Gasteiger partial charge on any atom is -0.464 e. The van der Waals surface area contributed by atoms with E-state index in [1.165, 1.54) is 22.3 Å². The Morgan fingerprint density at radius 3 is 2.15 bits per heavy atom. The van der Waals surface area contributed by atoms with E-state index in [4.69, 9.17) is 29.2 Å². The zero-order chi connectivity index (χ0) is 44.4. The fourth-order valence-electron chi connectivity index (χ4n) is 8.86. The summed E-state index contributed by atoms with van der Waals surface area (Å²) >= 11 is 0. The maximum Gasteiger partial charge on any atom is 0.306 e. The predicted octanol–water partition coefficient (Wildman–Crippen LogP) is 8.11. The summed E-state index contributed by atoms with van der Waals surface area (Å²) in [6.45, 7) is 13.2. The van der Waals surface area contributed by atoms with Gasteiger partial charge in [0.25, 0.3) is 0 Å². The largest absolute Gasteiger partial charge is 0.464 e. The molecule has 2 aliphatic heterocycles. The molecule has 62 heavy (non-hydrogen) atoms. The first-order valence-corrected chi connectivity index (χ1v) is 22.8. The highest BCUT2D eigenvalue weighted by molar-refractivity contribution is 6.03. The topological polar surface area (TPSA) is 130 Å². The molecule has 2 aromatic carbocycles. The van der Waals surface area contributed by atoms with Crippen LogP contribution in [0.5, 0.6) is 0 Å². The Morgan fingerprint density at radius 2 is 1.44 bits per heavy atom. The average Bonchev–Trinajstić information content (AvgIpc) is 3.61. The molecule has 11 nitrogen and oxygen atoms in total. The molecule has 2 aromatic rings. The van der Waals surface area contributed by atoms with Gasteiger partial charge in [-0.2, -0.15) is 4.58 Å². The van der Waals surface area contributed by atoms with Gasteiger partial charge in [0, 0.05) is 79.9 Å². The highest BCUT2D eigenvalue weighted by Gasteiger charge is 2.44. The van der Waals surface area contributed by atoms with Crippen LogP contribution < -0.4 is 10.2 Å². The van der Waals surface area contributed by atoms with Crippen LogP contribution in [0, 0.1) is 0 Å². The normalized spacial score (nSPS) is 18.0. The van der Waals surface area contributed by atoms with Crippen LogP contribution >= 0.6 is 0 Å². The van der Waals surface area contributed by atoms with Crippen molar-refractivity contribution in [2.24, 2.45) is 0 Å². The molecule has 3 N–H and O–H groups in total. The molecule has 11 heteroatoms.